The molecule has 0 bridgehead atoms. The van der Waals surface area contributed by atoms with Gasteiger partial charge < -0.3 is 0 Å². The van der Waals surface area contributed by atoms with Crippen LogP contribution in [0.3, 0.4) is 0 Å². The van der Waals surface area contributed by atoms with Gasteiger partial charge in [-0.25, -0.2) is 0 Å². The van der Waals surface area contributed by atoms with E-state index in [0.29, 0.717) is 0 Å². The Morgan fingerprint density at radius 2 is 1.68 bits per heavy atom. The van der Waals surface area contributed by atoms with Crippen LogP contribution >= 0.6 is 11.8 Å². The van der Waals surface area contributed by atoms with E-state index in [1.54, 1.807) is 11.8 Å². The maximum atomic E-state index is 10.9. The van der Waals surface area contributed by atoms with Crippen molar-refractivity contribution in [3.05, 3.63) is 60.2 Å². The average Bonchev–Trinajstić information content (AvgIpc) is 2.79. The van der Waals surface area contributed by atoms with Gasteiger partial charge in [-0.1, -0.05) is 49.9 Å². The summed E-state index contributed by atoms with van der Waals surface area (Å²) in [5.74, 6) is 0. The minimum absolute atomic E-state index is 0.0614. The Labute approximate surface area is 153 Å². The van der Waals surface area contributed by atoms with Gasteiger partial charge in [-0.05, 0) is 49.9 Å². The van der Waals surface area contributed by atoms with Crippen LogP contribution < -0.4 is 0 Å². The van der Waals surface area contributed by atoms with Crippen LogP contribution in [0, 0.1) is 10.8 Å². The second-order valence-electron chi connectivity index (χ2n) is 8.36. The fourth-order valence-corrected chi connectivity index (χ4v) is 5.30. The van der Waals surface area contributed by atoms with E-state index in [1.165, 1.54) is 15.2 Å². The molecule has 0 aromatic heterocycles. The van der Waals surface area contributed by atoms with Crippen molar-refractivity contribution in [1.82, 2.24) is 0 Å². The molecule has 0 saturated carbocycles. The van der Waals surface area contributed by atoms with Crippen molar-refractivity contribution in [1.29, 1.82) is 0 Å². The van der Waals surface area contributed by atoms with Crippen molar-refractivity contribution in [2.24, 2.45) is 10.8 Å². The summed E-state index contributed by atoms with van der Waals surface area (Å²) in [5, 5.41) is 10.9. The molecule has 2 aliphatic rings. The summed E-state index contributed by atoms with van der Waals surface area (Å²) in [6.07, 6.45) is 3.35. The van der Waals surface area contributed by atoms with E-state index in [1.807, 2.05) is 18.2 Å². The first-order valence-electron chi connectivity index (χ1n) is 8.74. The van der Waals surface area contributed by atoms with Crippen LogP contribution in [0.5, 0.6) is 0 Å². The molecular formula is C22H24NOS+. The maximum absolute atomic E-state index is 10.9. The molecule has 0 spiro atoms. The first kappa shape index (κ1) is 16.5. The molecule has 0 radical (unpaired) electrons. The van der Waals surface area contributed by atoms with Crippen LogP contribution in [0.15, 0.2) is 64.4 Å². The molecule has 1 N–H and O–H groups in total. The highest BCUT2D eigenvalue weighted by atomic mass is 32.2. The van der Waals surface area contributed by atoms with E-state index in [2.05, 4.69) is 64.1 Å². The lowest BCUT2D eigenvalue weighted by Crippen LogP contribution is -2.37. The van der Waals surface area contributed by atoms with E-state index in [9.17, 15) is 5.21 Å². The number of fused-ring (bicyclic) bond motifs is 3. The fourth-order valence-electron chi connectivity index (χ4n) is 4.43. The molecule has 128 valence electrons. The quantitative estimate of drug-likeness (QED) is 0.517. The summed E-state index contributed by atoms with van der Waals surface area (Å²) in [6, 6.07) is 16.8. The van der Waals surface area contributed by atoms with Crippen LogP contribution in [0.1, 0.15) is 39.7 Å². The number of hydrogen-bond acceptors (Lipinski definition) is 2. The second-order valence-corrected chi connectivity index (χ2v) is 9.51. The van der Waals surface area contributed by atoms with Gasteiger partial charge in [0.1, 0.15) is 0 Å². The lowest BCUT2D eigenvalue weighted by molar-refractivity contribution is -0.712. The van der Waals surface area contributed by atoms with Gasteiger partial charge in [0.15, 0.2) is 0 Å². The number of hydrogen-bond donors (Lipinski definition) is 1. The topological polar surface area (TPSA) is 23.2 Å². The van der Waals surface area contributed by atoms with Crippen molar-refractivity contribution in [2.45, 2.75) is 43.9 Å². The molecule has 1 heterocycles. The van der Waals surface area contributed by atoms with E-state index in [0.717, 1.165) is 28.3 Å². The highest BCUT2D eigenvalue weighted by molar-refractivity contribution is 7.99. The predicted molar refractivity (Wildman–Crippen MR) is 104 cm³/mol. The molecule has 2 aromatic carbocycles. The van der Waals surface area contributed by atoms with Gasteiger partial charge in [-0.2, -0.15) is 0 Å². The highest BCUT2D eigenvalue weighted by Gasteiger charge is 2.50. The number of allylic oxidation sites excluding steroid dienone is 2. The van der Waals surface area contributed by atoms with E-state index in [-0.39, 0.29) is 10.8 Å². The SMILES string of the molecule is CC1(C)C=C2C(=[N+](O)c3cc(Sc4ccccc4)ccc32)C(C)(C)C1. The van der Waals surface area contributed by atoms with Gasteiger partial charge in [0.25, 0.3) is 5.69 Å². The highest BCUT2D eigenvalue weighted by Crippen LogP contribution is 2.50. The zero-order valence-corrected chi connectivity index (χ0v) is 16.0. The molecule has 0 saturated heterocycles. The lowest BCUT2D eigenvalue weighted by Gasteiger charge is -2.35. The number of rotatable bonds is 2. The zero-order valence-electron chi connectivity index (χ0n) is 15.2. The van der Waals surface area contributed by atoms with Crippen LogP contribution in [-0.4, -0.2) is 15.7 Å². The van der Waals surface area contributed by atoms with Crippen LogP contribution in [0.25, 0.3) is 5.57 Å². The van der Waals surface area contributed by atoms with Crippen LogP contribution in [0.4, 0.5) is 5.69 Å². The van der Waals surface area contributed by atoms with E-state index in [4.69, 9.17) is 0 Å². The zero-order chi connectivity index (χ0) is 17.8. The third-order valence-corrected chi connectivity index (χ3v) is 6.00. The van der Waals surface area contributed by atoms with E-state index >= 15 is 0 Å². The van der Waals surface area contributed by atoms with Gasteiger partial charge in [0.05, 0.1) is 16.6 Å². The standard InChI is InChI=1S/C22H24NOS/c1-21(2)13-18-17-11-10-16(25-15-8-6-5-7-9-15)12-19(17)23(24)20(18)22(3,4)14-21/h5-13,24H,14H2,1-4H3/q+1. The number of nitrogens with zero attached hydrogens (tertiary/aromatic N) is 1. The lowest BCUT2D eigenvalue weighted by atomic mass is 9.65. The van der Waals surface area contributed by atoms with Gasteiger partial charge in [0.2, 0.25) is 5.71 Å². The van der Waals surface area contributed by atoms with Gasteiger partial charge in [-0.3, -0.25) is 5.21 Å². The van der Waals surface area contributed by atoms with Gasteiger partial charge in [0, 0.05) is 20.6 Å². The van der Waals surface area contributed by atoms with Crippen molar-refractivity contribution in [3.63, 3.8) is 0 Å². The molecule has 0 unspecified atom stereocenters. The summed E-state index contributed by atoms with van der Waals surface area (Å²) in [4.78, 5) is 2.34. The summed E-state index contributed by atoms with van der Waals surface area (Å²) >= 11 is 1.72. The molecule has 2 nitrogen and oxygen atoms in total. The maximum Gasteiger partial charge on any atom is 0.266 e. The molecular weight excluding hydrogens is 326 g/mol. The summed E-state index contributed by atoms with van der Waals surface area (Å²) < 4.78 is 1.42. The number of benzene rings is 2. The average molecular weight is 351 g/mol. The molecule has 4 rings (SSSR count). The molecule has 1 aliphatic carbocycles. The Hall–Kier alpha value is -2.00. The monoisotopic (exact) mass is 350 g/mol. The van der Waals surface area contributed by atoms with Crippen LogP contribution in [-0.2, 0) is 0 Å². The molecule has 3 heteroatoms. The molecule has 25 heavy (non-hydrogen) atoms. The summed E-state index contributed by atoms with van der Waals surface area (Å²) in [5.41, 5.74) is 4.32. The second kappa shape index (κ2) is 5.50. The normalized spacial score (nSPS) is 20.1. The molecule has 2 aromatic rings. The van der Waals surface area contributed by atoms with E-state index < -0.39 is 0 Å². The Kier molecular flexibility index (Phi) is 3.62. The summed E-state index contributed by atoms with van der Waals surface area (Å²) in [7, 11) is 0. The molecule has 0 atom stereocenters. The first-order valence-corrected chi connectivity index (χ1v) is 9.56. The Balaban J connectivity index is 1.80. The van der Waals surface area contributed by atoms with Gasteiger partial charge in [-0.15, -0.1) is 0 Å². The largest absolute Gasteiger partial charge is 0.284 e. The smallest absolute Gasteiger partial charge is 0.266 e. The Morgan fingerprint density at radius 3 is 2.40 bits per heavy atom. The van der Waals surface area contributed by atoms with Gasteiger partial charge >= 0.3 is 0 Å². The minimum atomic E-state index is -0.0614. The third kappa shape index (κ3) is 2.81. The fraction of sp³-hybridized carbons (Fsp3) is 0.318. The molecule has 1 aliphatic heterocycles. The minimum Gasteiger partial charge on any atom is -0.284 e. The summed E-state index contributed by atoms with van der Waals surface area (Å²) in [6.45, 7) is 9.01. The third-order valence-electron chi connectivity index (χ3n) is 5.01. The van der Waals surface area contributed by atoms with Crippen molar-refractivity contribution in [3.8, 4) is 0 Å². The van der Waals surface area contributed by atoms with Crippen molar-refractivity contribution >= 4 is 28.7 Å². The molecule has 0 amide bonds. The van der Waals surface area contributed by atoms with Crippen molar-refractivity contribution < 1.29 is 9.95 Å². The Morgan fingerprint density at radius 1 is 0.960 bits per heavy atom. The predicted octanol–water partition coefficient (Wildman–Crippen LogP) is 6.17. The molecule has 0 fully saturated rings. The van der Waals surface area contributed by atoms with Crippen molar-refractivity contribution in [2.75, 3.05) is 0 Å². The first-order chi connectivity index (χ1) is 11.8. The Bertz CT molecular complexity index is 907. The van der Waals surface area contributed by atoms with Crippen LogP contribution in [0.2, 0.25) is 0 Å².